The number of fused-ring (bicyclic) bond motifs is 1. The van der Waals surface area contributed by atoms with Gasteiger partial charge >= 0.3 is 0 Å². The molecule has 0 aromatic heterocycles. The topological polar surface area (TPSA) is 57.6 Å². The molecule has 0 radical (unpaired) electrons. The first-order valence-electron chi connectivity index (χ1n) is 9.44. The molecule has 1 aliphatic heterocycles. The predicted molar refractivity (Wildman–Crippen MR) is 115 cm³/mol. The molecule has 0 aliphatic carbocycles. The molecule has 3 aromatic rings. The van der Waals surface area contributed by atoms with Crippen molar-refractivity contribution < 1.29 is 14.7 Å². The smallest absolute Gasteiger partial charge is 0.294 e. The number of anilines is 1. The molecule has 1 unspecified atom stereocenters. The number of ketones is 1. The highest BCUT2D eigenvalue weighted by Crippen LogP contribution is 2.44. The fourth-order valence-electron chi connectivity index (χ4n) is 3.84. The minimum atomic E-state index is -0.734. The van der Waals surface area contributed by atoms with E-state index in [2.05, 4.69) is 0 Å². The van der Waals surface area contributed by atoms with Crippen LogP contribution < -0.4 is 4.90 Å². The van der Waals surface area contributed by atoms with Crippen molar-refractivity contribution in [1.29, 1.82) is 0 Å². The van der Waals surface area contributed by atoms with Crippen LogP contribution in [0.2, 0.25) is 5.02 Å². The second kappa shape index (κ2) is 7.37. The Morgan fingerprint density at radius 1 is 1.03 bits per heavy atom. The van der Waals surface area contributed by atoms with Gasteiger partial charge in [-0.2, -0.15) is 0 Å². The molecule has 0 saturated carbocycles. The van der Waals surface area contributed by atoms with Crippen molar-refractivity contribution >= 4 is 39.8 Å². The SMILES string of the molecule is CC(C)C(=O)C1=C(O)C(=O)N(c2cccc(Cl)c2)C1c1cccc2ccccc12. The first kappa shape index (κ1) is 19.2. The van der Waals surface area contributed by atoms with Gasteiger partial charge in [0.05, 0.1) is 11.6 Å². The minimum Gasteiger partial charge on any atom is -0.503 e. The van der Waals surface area contributed by atoms with Crippen molar-refractivity contribution in [2.75, 3.05) is 4.90 Å². The molecular weight excluding hydrogens is 386 g/mol. The monoisotopic (exact) mass is 405 g/mol. The number of halogens is 1. The Balaban J connectivity index is 2.00. The van der Waals surface area contributed by atoms with Crippen molar-refractivity contribution in [2.45, 2.75) is 19.9 Å². The number of carbonyl (C=O) groups excluding carboxylic acids is 2. The molecule has 3 aromatic carbocycles. The maximum Gasteiger partial charge on any atom is 0.294 e. The van der Waals surface area contributed by atoms with Gasteiger partial charge in [-0.1, -0.05) is 74.0 Å². The van der Waals surface area contributed by atoms with Crippen LogP contribution in [-0.4, -0.2) is 16.8 Å². The van der Waals surface area contributed by atoms with Crippen molar-refractivity contribution in [2.24, 2.45) is 5.92 Å². The summed E-state index contributed by atoms with van der Waals surface area (Å²) in [6.07, 6.45) is 0. The van der Waals surface area contributed by atoms with Crippen LogP contribution in [0.15, 0.2) is 78.1 Å². The van der Waals surface area contributed by atoms with Crippen LogP contribution in [0.1, 0.15) is 25.5 Å². The molecule has 146 valence electrons. The summed E-state index contributed by atoms with van der Waals surface area (Å²) in [4.78, 5) is 27.6. The Kier molecular flexibility index (Phi) is 4.89. The minimum absolute atomic E-state index is 0.126. The molecule has 29 heavy (non-hydrogen) atoms. The lowest BCUT2D eigenvalue weighted by molar-refractivity contribution is -0.119. The largest absolute Gasteiger partial charge is 0.503 e. The fourth-order valence-corrected chi connectivity index (χ4v) is 4.03. The van der Waals surface area contributed by atoms with E-state index in [1.54, 1.807) is 38.1 Å². The van der Waals surface area contributed by atoms with E-state index in [9.17, 15) is 14.7 Å². The van der Waals surface area contributed by atoms with Gasteiger partial charge in [0.15, 0.2) is 11.5 Å². The number of aliphatic hydroxyl groups is 1. The second-order valence-corrected chi connectivity index (χ2v) is 7.84. The van der Waals surface area contributed by atoms with Crippen LogP contribution in [0.25, 0.3) is 10.8 Å². The molecular formula is C24H20ClNO3. The van der Waals surface area contributed by atoms with Crippen molar-refractivity contribution in [3.8, 4) is 0 Å². The number of nitrogens with zero attached hydrogens (tertiary/aromatic N) is 1. The standard InChI is InChI=1S/C24H20ClNO3/c1-14(2)22(27)20-21(19-12-5-8-15-7-3-4-11-18(15)19)26(24(29)23(20)28)17-10-6-9-16(25)13-17/h3-14,21,28H,1-2H3. The second-order valence-electron chi connectivity index (χ2n) is 7.41. The maximum absolute atomic E-state index is 13.1. The normalized spacial score (nSPS) is 16.9. The van der Waals surface area contributed by atoms with Crippen LogP contribution in [0.3, 0.4) is 0 Å². The number of hydrogen-bond donors (Lipinski definition) is 1. The highest BCUT2D eigenvalue weighted by Gasteiger charge is 2.45. The molecule has 0 saturated heterocycles. The van der Waals surface area contributed by atoms with Crippen LogP contribution in [0.5, 0.6) is 0 Å². The summed E-state index contributed by atoms with van der Waals surface area (Å²) in [7, 11) is 0. The fraction of sp³-hybridized carbons (Fsp3) is 0.167. The zero-order valence-electron chi connectivity index (χ0n) is 16.1. The Morgan fingerprint density at radius 3 is 2.45 bits per heavy atom. The zero-order valence-corrected chi connectivity index (χ0v) is 16.9. The van der Waals surface area contributed by atoms with E-state index in [0.717, 1.165) is 16.3 Å². The van der Waals surface area contributed by atoms with Crippen LogP contribution in [0.4, 0.5) is 5.69 Å². The lowest BCUT2D eigenvalue weighted by Crippen LogP contribution is -2.31. The number of carbonyl (C=O) groups is 2. The lowest BCUT2D eigenvalue weighted by atomic mass is 9.88. The molecule has 5 heteroatoms. The van der Waals surface area contributed by atoms with E-state index in [-0.39, 0.29) is 17.3 Å². The van der Waals surface area contributed by atoms with E-state index in [4.69, 9.17) is 11.6 Å². The third-order valence-electron chi connectivity index (χ3n) is 5.20. The lowest BCUT2D eigenvalue weighted by Gasteiger charge is -2.28. The Bertz CT molecular complexity index is 1160. The van der Waals surface area contributed by atoms with E-state index in [1.165, 1.54) is 4.90 Å². The van der Waals surface area contributed by atoms with Gasteiger partial charge in [-0.15, -0.1) is 0 Å². The first-order chi connectivity index (χ1) is 13.9. The average Bonchev–Trinajstić information content (AvgIpc) is 2.97. The van der Waals surface area contributed by atoms with Crippen LogP contribution in [0, 0.1) is 5.92 Å². The summed E-state index contributed by atoms with van der Waals surface area (Å²) < 4.78 is 0. The molecule has 1 aliphatic rings. The van der Waals surface area contributed by atoms with Gasteiger partial charge in [0.2, 0.25) is 0 Å². The summed E-state index contributed by atoms with van der Waals surface area (Å²) in [5.41, 5.74) is 1.43. The molecule has 0 bridgehead atoms. The summed E-state index contributed by atoms with van der Waals surface area (Å²) in [6, 6.07) is 19.7. The number of hydrogen-bond acceptors (Lipinski definition) is 3. The molecule has 4 rings (SSSR count). The van der Waals surface area contributed by atoms with Gasteiger partial charge in [-0.3, -0.25) is 14.5 Å². The molecule has 1 atom stereocenters. The van der Waals surface area contributed by atoms with Crippen LogP contribution in [-0.2, 0) is 9.59 Å². The summed E-state index contributed by atoms with van der Waals surface area (Å²) in [5.74, 6) is -1.72. The number of rotatable bonds is 4. The highest BCUT2D eigenvalue weighted by atomic mass is 35.5. The Morgan fingerprint density at radius 2 is 1.72 bits per heavy atom. The number of amides is 1. The van der Waals surface area contributed by atoms with Gasteiger partial charge in [-0.25, -0.2) is 0 Å². The quantitative estimate of drug-likeness (QED) is 0.613. The molecule has 0 spiro atoms. The van der Waals surface area contributed by atoms with Gasteiger partial charge in [0, 0.05) is 16.6 Å². The van der Waals surface area contributed by atoms with E-state index in [1.807, 2.05) is 42.5 Å². The number of benzene rings is 3. The van der Waals surface area contributed by atoms with Gasteiger partial charge < -0.3 is 5.11 Å². The van der Waals surface area contributed by atoms with Crippen LogP contribution >= 0.6 is 11.6 Å². The van der Waals surface area contributed by atoms with E-state index < -0.39 is 17.7 Å². The van der Waals surface area contributed by atoms with Gasteiger partial charge in [0.25, 0.3) is 5.91 Å². The maximum atomic E-state index is 13.1. The highest BCUT2D eigenvalue weighted by molar-refractivity contribution is 6.31. The van der Waals surface area contributed by atoms with Gasteiger partial charge in [0.1, 0.15) is 0 Å². The average molecular weight is 406 g/mol. The zero-order chi connectivity index (χ0) is 20.7. The summed E-state index contributed by atoms with van der Waals surface area (Å²) in [6.45, 7) is 3.52. The third kappa shape index (κ3) is 3.19. The molecule has 1 heterocycles. The molecule has 0 fully saturated rings. The van der Waals surface area contributed by atoms with Crippen molar-refractivity contribution in [1.82, 2.24) is 0 Å². The molecule has 4 nitrogen and oxygen atoms in total. The molecule has 1 N–H and O–H groups in total. The molecule has 1 amide bonds. The summed E-state index contributed by atoms with van der Waals surface area (Å²) >= 11 is 6.16. The summed E-state index contributed by atoms with van der Waals surface area (Å²) in [5, 5.41) is 13.1. The number of aliphatic hydroxyl groups excluding tert-OH is 1. The van der Waals surface area contributed by atoms with Gasteiger partial charge in [-0.05, 0) is 34.5 Å². The Labute approximate surface area is 174 Å². The van der Waals surface area contributed by atoms with E-state index >= 15 is 0 Å². The van der Waals surface area contributed by atoms with Crippen molar-refractivity contribution in [3.63, 3.8) is 0 Å². The predicted octanol–water partition coefficient (Wildman–Crippen LogP) is 5.62. The number of Topliss-reactive ketones (excluding diaryl/α,β-unsaturated/α-hetero) is 1. The first-order valence-corrected chi connectivity index (χ1v) is 9.82. The third-order valence-corrected chi connectivity index (χ3v) is 5.44. The Hall–Kier alpha value is -3.11. The van der Waals surface area contributed by atoms with E-state index in [0.29, 0.717) is 10.7 Å². The van der Waals surface area contributed by atoms with Crippen molar-refractivity contribution in [3.05, 3.63) is 88.6 Å².